The molecule has 19 heavy (non-hydrogen) atoms. The van der Waals surface area contributed by atoms with E-state index in [1.54, 1.807) is 14.0 Å². The molecule has 2 rings (SSSR count). The maximum Gasteiger partial charge on any atom is 0.360 e. The van der Waals surface area contributed by atoms with Crippen molar-refractivity contribution in [1.82, 2.24) is 4.98 Å². The Morgan fingerprint density at radius 3 is 3.16 bits per heavy atom. The van der Waals surface area contributed by atoms with Gasteiger partial charge in [0.1, 0.15) is 6.26 Å². The first-order valence-corrected chi connectivity index (χ1v) is 6.31. The first kappa shape index (κ1) is 13.8. The first-order valence-electron chi connectivity index (χ1n) is 6.31. The minimum Gasteiger partial charge on any atom is -0.461 e. The number of nitrogens with zero attached hydrogens (tertiary/aromatic N) is 2. The van der Waals surface area contributed by atoms with E-state index in [2.05, 4.69) is 4.98 Å². The third kappa shape index (κ3) is 3.05. The van der Waals surface area contributed by atoms with Gasteiger partial charge in [-0.05, 0) is 13.3 Å². The molecule has 1 aromatic rings. The molecule has 0 spiro atoms. The predicted molar refractivity (Wildman–Crippen MR) is 68.1 cm³/mol. The summed E-state index contributed by atoms with van der Waals surface area (Å²) in [5, 5.41) is 0. The molecule has 106 valence electrons. The van der Waals surface area contributed by atoms with Crippen molar-refractivity contribution in [1.29, 1.82) is 0 Å². The van der Waals surface area contributed by atoms with Crippen molar-refractivity contribution in [2.75, 3.05) is 31.7 Å². The molecule has 2 heterocycles. The maximum atomic E-state index is 11.5. The van der Waals surface area contributed by atoms with Crippen LogP contribution in [0, 0.1) is 0 Å². The van der Waals surface area contributed by atoms with E-state index in [0.29, 0.717) is 19.2 Å². The monoisotopic (exact) mass is 269 g/mol. The maximum absolute atomic E-state index is 11.5. The lowest BCUT2D eigenvalue weighted by atomic mass is 10.0. The Morgan fingerprint density at radius 1 is 1.68 bits per heavy atom. The molecule has 0 aromatic carbocycles. The molecular formula is C12H19N3O4. The summed E-state index contributed by atoms with van der Waals surface area (Å²) >= 11 is 0. The van der Waals surface area contributed by atoms with Crippen LogP contribution in [0.15, 0.2) is 10.7 Å². The number of anilines is 1. The molecule has 0 bridgehead atoms. The van der Waals surface area contributed by atoms with Crippen molar-refractivity contribution >= 4 is 12.0 Å². The van der Waals surface area contributed by atoms with Gasteiger partial charge < -0.3 is 24.5 Å². The molecule has 1 fully saturated rings. The average Bonchev–Trinajstić information content (AvgIpc) is 2.89. The molecule has 1 saturated heterocycles. The van der Waals surface area contributed by atoms with Crippen molar-refractivity contribution in [2.24, 2.45) is 5.73 Å². The molecular weight excluding hydrogens is 250 g/mol. The second kappa shape index (κ2) is 6.03. The van der Waals surface area contributed by atoms with Gasteiger partial charge in [0.15, 0.2) is 5.69 Å². The van der Waals surface area contributed by atoms with Crippen molar-refractivity contribution < 1.29 is 18.7 Å². The summed E-state index contributed by atoms with van der Waals surface area (Å²) in [6.45, 7) is 3.38. The van der Waals surface area contributed by atoms with Gasteiger partial charge in [0.2, 0.25) is 0 Å². The number of piperidine rings is 1. The number of esters is 1. The number of rotatable bonds is 4. The van der Waals surface area contributed by atoms with E-state index in [0.717, 1.165) is 13.0 Å². The minimum atomic E-state index is -0.477. The predicted octanol–water partition coefficient (Wildman–Crippen LogP) is 0.404. The third-order valence-corrected chi connectivity index (χ3v) is 3.16. The number of carbonyl (C=O) groups excluding carboxylic acids is 1. The average molecular weight is 269 g/mol. The quantitative estimate of drug-likeness (QED) is 0.791. The van der Waals surface area contributed by atoms with Gasteiger partial charge in [-0.15, -0.1) is 0 Å². The van der Waals surface area contributed by atoms with Crippen LogP contribution in [-0.2, 0) is 9.47 Å². The van der Waals surface area contributed by atoms with Crippen LogP contribution in [0.4, 0.5) is 6.01 Å². The lowest BCUT2D eigenvalue weighted by Gasteiger charge is -2.34. The Balaban J connectivity index is 2.04. The fraction of sp³-hybridized carbons (Fsp3) is 0.667. The van der Waals surface area contributed by atoms with Crippen LogP contribution in [-0.4, -0.2) is 49.9 Å². The summed E-state index contributed by atoms with van der Waals surface area (Å²) in [5.41, 5.74) is 6.13. The lowest BCUT2D eigenvalue weighted by molar-refractivity contribution is 0.0519. The van der Waals surface area contributed by atoms with Crippen LogP contribution in [0.1, 0.15) is 23.8 Å². The number of carbonyl (C=O) groups is 1. The van der Waals surface area contributed by atoms with E-state index in [4.69, 9.17) is 19.6 Å². The lowest BCUT2D eigenvalue weighted by Crippen LogP contribution is -2.51. The fourth-order valence-electron chi connectivity index (χ4n) is 2.07. The second-order valence-electron chi connectivity index (χ2n) is 4.41. The van der Waals surface area contributed by atoms with Gasteiger partial charge in [-0.25, -0.2) is 4.79 Å². The highest BCUT2D eigenvalue weighted by Gasteiger charge is 2.29. The van der Waals surface area contributed by atoms with E-state index in [1.807, 2.05) is 4.90 Å². The summed E-state index contributed by atoms with van der Waals surface area (Å²) in [7, 11) is 1.63. The second-order valence-corrected chi connectivity index (χ2v) is 4.41. The Labute approximate surface area is 111 Å². The Hall–Kier alpha value is -1.60. The number of hydrogen-bond donors (Lipinski definition) is 1. The Bertz CT molecular complexity index is 434. The van der Waals surface area contributed by atoms with Crippen LogP contribution < -0.4 is 10.6 Å². The molecule has 0 saturated carbocycles. The molecule has 0 aliphatic carbocycles. The molecule has 2 N–H and O–H groups in total. The topological polar surface area (TPSA) is 90.8 Å². The van der Waals surface area contributed by atoms with E-state index in [9.17, 15) is 4.79 Å². The molecule has 1 aliphatic rings. The van der Waals surface area contributed by atoms with Gasteiger partial charge in [-0.3, -0.25) is 0 Å². The molecule has 0 radical (unpaired) electrons. The van der Waals surface area contributed by atoms with Crippen LogP contribution in [0.2, 0.25) is 0 Å². The zero-order chi connectivity index (χ0) is 13.8. The number of oxazole rings is 1. The summed E-state index contributed by atoms with van der Waals surface area (Å²) in [4.78, 5) is 17.6. The summed E-state index contributed by atoms with van der Waals surface area (Å²) in [6.07, 6.45) is 2.03. The van der Waals surface area contributed by atoms with Gasteiger partial charge in [-0.2, -0.15) is 4.98 Å². The molecule has 2 atom stereocenters. The highest BCUT2D eigenvalue weighted by atomic mass is 16.5. The smallest absolute Gasteiger partial charge is 0.360 e. The fourth-order valence-corrected chi connectivity index (χ4v) is 2.07. The standard InChI is InChI=1S/C12H19N3O4/c1-3-18-11(16)9-7-19-12(14-9)15-5-4-8(13)10(6-15)17-2/h7-8,10H,3-6,13H2,1-2H3. The van der Waals surface area contributed by atoms with E-state index >= 15 is 0 Å². The molecule has 0 amide bonds. The number of nitrogens with two attached hydrogens (primary N) is 1. The molecule has 2 unspecified atom stereocenters. The van der Waals surface area contributed by atoms with Gasteiger partial charge in [-0.1, -0.05) is 0 Å². The van der Waals surface area contributed by atoms with Crippen molar-refractivity contribution in [3.63, 3.8) is 0 Å². The normalized spacial score (nSPS) is 23.4. The summed E-state index contributed by atoms with van der Waals surface area (Å²) in [6, 6.07) is 0.415. The zero-order valence-corrected chi connectivity index (χ0v) is 11.2. The number of aromatic nitrogens is 1. The number of ether oxygens (including phenoxy) is 2. The van der Waals surface area contributed by atoms with Gasteiger partial charge in [0, 0.05) is 19.7 Å². The van der Waals surface area contributed by atoms with Crippen molar-refractivity contribution in [3.05, 3.63) is 12.0 Å². The molecule has 1 aliphatic heterocycles. The highest BCUT2D eigenvalue weighted by Crippen LogP contribution is 2.20. The highest BCUT2D eigenvalue weighted by molar-refractivity contribution is 5.87. The first-order chi connectivity index (χ1) is 9.15. The Kier molecular flexibility index (Phi) is 4.39. The van der Waals surface area contributed by atoms with E-state index < -0.39 is 5.97 Å². The molecule has 1 aromatic heterocycles. The summed E-state index contributed by atoms with van der Waals surface area (Å²) < 4.78 is 15.5. The molecule has 7 heteroatoms. The SMILES string of the molecule is CCOC(=O)c1coc(N2CCC(N)C(OC)C2)n1. The number of methoxy groups -OCH3 is 1. The minimum absolute atomic E-state index is 0.0146. The molecule has 7 nitrogen and oxygen atoms in total. The van der Waals surface area contributed by atoms with Crippen molar-refractivity contribution in [2.45, 2.75) is 25.5 Å². The summed E-state index contributed by atoms with van der Waals surface area (Å²) in [5.74, 6) is -0.477. The van der Waals surface area contributed by atoms with Gasteiger partial charge in [0.05, 0.1) is 19.3 Å². The van der Waals surface area contributed by atoms with Crippen LogP contribution in [0.5, 0.6) is 0 Å². The van der Waals surface area contributed by atoms with E-state index in [-0.39, 0.29) is 17.8 Å². The Morgan fingerprint density at radius 2 is 2.47 bits per heavy atom. The van der Waals surface area contributed by atoms with Crippen LogP contribution >= 0.6 is 0 Å². The van der Waals surface area contributed by atoms with Crippen molar-refractivity contribution in [3.8, 4) is 0 Å². The third-order valence-electron chi connectivity index (χ3n) is 3.16. The van der Waals surface area contributed by atoms with E-state index in [1.165, 1.54) is 6.26 Å². The zero-order valence-electron chi connectivity index (χ0n) is 11.2. The number of hydrogen-bond acceptors (Lipinski definition) is 7. The van der Waals surface area contributed by atoms with Gasteiger partial charge >= 0.3 is 5.97 Å². The van der Waals surface area contributed by atoms with Gasteiger partial charge in [0.25, 0.3) is 6.01 Å². The van der Waals surface area contributed by atoms with Crippen LogP contribution in [0.25, 0.3) is 0 Å². The largest absolute Gasteiger partial charge is 0.461 e. The van der Waals surface area contributed by atoms with Crippen LogP contribution in [0.3, 0.4) is 0 Å².